The van der Waals surface area contributed by atoms with Gasteiger partial charge >= 0.3 is 0 Å². The average molecular weight is 137 g/mol. The van der Waals surface area contributed by atoms with E-state index in [1.54, 1.807) is 6.08 Å². The molecule has 1 rings (SSSR count). The summed E-state index contributed by atoms with van der Waals surface area (Å²) in [6.45, 7) is 4.47. The van der Waals surface area contributed by atoms with E-state index in [0.717, 1.165) is 5.69 Å². The second kappa shape index (κ2) is 3.22. The molecule has 0 spiro atoms. The van der Waals surface area contributed by atoms with Crippen LogP contribution in [0.2, 0.25) is 0 Å². The molecule has 2 heteroatoms. The predicted molar refractivity (Wildman–Crippen MR) is 41.6 cm³/mol. The van der Waals surface area contributed by atoms with Crippen LogP contribution in [-0.2, 0) is 6.54 Å². The number of hydrogen-bond acceptors (Lipinski definition) is 1. The fraction of sp³-hybridized carbons (Fsp3) is 0.250. The Bertz CT molecular complexity index is 215. The second-order valence-electron chi connectivity index (χ2n) is 2.05. The van der Waals surface area contributed by atoms with Crippen LogP contribution < -0.4 is 0 Å². The Kier molecular flexibility index (Phi) is 2.29. The number of aromatic nitrogens is 1. The van der Waals surface area contributed by atoms with Crippen LogP contribution in [0.15, 0.2) is 24.9 Å². The van der Waals surface area contributed by atoms with Gasteiger partial charge in [-0.15, -0.1) is 0 Å². The van der Waals surface area contributed by atoms with Crippen LogP contribution in [0.25, 0.3) is 6.08 Å². The number of hydrogen-bond donors (Lipinski definition) is 1. The molecule has 0 aliphatic carbocycles. The standard InChI is InChI=1S/C8H11NO/c1-2-8-4-3-5-9(8)6-7-10/h2-5,10H,1,6-7H2. The Morgan fingerprint density at radius 1 is 1.70 bits per heavy atom. The van der Waals surface area contributed by atoms with E-state index >= 15 is 0 Å². The van der Waals surface area contributed by atoms with E-state index in [9.17, 15) is 0 Å². The zero-order chi connectivity index (χ0) is 7.40. The quantitative estimate of drug-likeness (QED) is 0.663. The maximum atomic E-state index is 8.60. The molecule has 1 heterocycles. The van der Waals surface area contributed by atoms with Crippen molar-refractivity contribution < 1.29 is 5.11 Å². The summed E-state index contributed by atoms with van der Waals surface area (Å²) in [7, 11) is 0. The van der Waals surface area contributed by atoms with Gasteiger partial charge in [0.1, 0.15) is 0 Å². The van der Waals surface area contributed by atoms with Crippen molar-refractivity contribution in [3.8, 4) is 0 Å². The molecule has 54 valence electrons. The summed E-state index contributed by atoms with van der Waals surface area (Å²) < 4.78 is 1.95. The van der Waals surface area contributed by atoms with E-state index < -0.39 is 0 Å². The maximum absolute atomic E-state index is 8.60. The molecule has 0 saturated heterocycles. The minimum atomic E-state index is 0.176. The van der Waals surface area contributed by atoms with Crippen molar-refractivity contribution in [1.29, 1.82) is 0 Å². The summed E-state index contributed by atoms with van der Waals surface area (Å²) in [5, 5.41) is 8.60. The molecule has 0 bridgehead atoms. The lowest BCUT2D eigenvalue weighted by atomic mass is 10.4. The van der Waals surface area contributed by atoms with Crippen LogP contribution in [0, 0.1) is 0 Å². The number of aliphatic hydroxyl groups is 1. The zero-order valence-electron chi connectivity index (χ0n) is 5.83. The van der Waals surface area contributed by atoms with Crippen molar-refractivity contribution in [2.75, 3.05) is 6.61 Å². The predicted octanol–water partition coefficient (Wildman–Crippen LogP) is 1.12. The summed E-state index contributed by atoms with van der Waals surface area (Å²) >= 11 is 0. The normalized spacial score (nSPS) is 9.70. The van der Waals surface area contributed by atoms with Gasteiger partial charge in [0.2, 0.25) is 0 Å². The maximum Gasteiger partial charge on any atom is 0.0610 e. The van der Waals surface area contributed by atoms with E-state index in [4.69, 9.17) is 5.11 Å². The van der Waals surface area contributed by atoms with Gasteiger partial charge in [0.05, 0.1) is 6.61 Å². The SMILES string of the molecule is C=Cc1cccn1CCO. The highest BCUT2D eigenvalue weighted by molar-refractivity contribution is 5.42. The number of rotatable bonds is 3. The highest BCUT2D eigenvalue weighted by atomic mass is 16.3. The summed E-state index contributed by atoms with van der Waals surface area (Å²) in [5.74, 6) is 0. The number of nitrogens with zero attached hydrogens (tertiary/aromatic N) is 1. The van der Waals surface area contributed by atoms with Crippen LogP contribution in [-0.4, -0.2) is 16.3 Å². The topological polar surface area (TPSA) is 25.2 Å². The van der Waals surface area contributed by atoms with Crippen LogP contribution in [0.5, 0.6) is 0 Å². The molecule has 0 radical (unpaired) electrons. The first-order chi connectivity index (χ1) is 4.88. The van der Waals surface area contributed by atoms with Gasteiger partial charge in [-0.1, -0.05) is 6.58 Å². The van der Waals surface area contributed by atoms with Crippen molar-refractivity contribution in [1.82, 2.24) is 4.57 Å². The van der Waals surface area contributed by atoms with E-state index in [1.807, 2.05) is 22.9 Å². The van der Waals surface area contributed by atoms with Gasteiger partial charge in [0.25, 0.3) is 0 Å². The third-order valence-electron chi connectivity index (χ3n) is 1.41. The minimum Gasteiger partial charge on any atom is -0.395 e. The van der Waals surface area contributed by atoms with Gasteiger partial charge in [-0.3, -0.25) is 0 Å². The molecular formula is C8H11NO. The molecule has 1 N–H and O–H groups in total. The minimum absolute atomic E-state index is 0.176. The highest BCUT2D eigenvalue weighted by Gasteiger charge is 1.92. The molecule has 0 aliphatic heterocycles. The van der Waals surface area contributed by atoms with Crippen LogP contribution in [0.4, 0.5) is 0 Å². The third-order valence-corrected chi connectivity index (χ3v) is 1.41. The molecule has 0 aliphatic rings. The van der Waals surface area contributed by atoms with E-state index in [0.29, 0.717) is 6.54 Å². The molecule has 2 nitrogen and oxygen atoms in total. The smallest absolute Gasteiger partial charge is 0.0610 e. The summed E-state index contributed by atoms with van der Waals surface area (Å²) in [6.07, 6.45) is 3.70. The van der Waals surface area contributed by atoms with Crippen molar-refractivity contribution in [3.63, 3.8) is 0 Å². The Hall–Kier alpha value is -1.02. The van der Waals surface area contributed by atoms with Gasteiger partial charge in [-0.2, -0.15) is 0 Å². The lowest BCUT2D eigenvalue weighted by Crippen LogP contribution is -2.01. The van der Waals surface area contributed by atoms with Crippen molar-refractivity contribution in [2.24, 2.45) is 0 Å². The van der Waals surface area contributed by atoms with Gasteiger partial charge in [0.15, 0.2) is 0 Å². The molecule has 0 atom stereocenters. The third kappa shape index (κ3) is 1.28. The molecular weight excluding hydrogens is 126 g/mol. The molecule has 10 heavy (non-hydrogen) atoms. The molecule has 0 saturated carbocycles. The molecule has 1 aromatic rings. The fourth-order valence-electron chi connectivity index (χ4n) is 0.924. The fourth-order valence-corrected chi connectivity index (χ4v) is 0.924. The van der Waals surface area contributed by atoms with Gasteiger partial charge in [0, 0.05) is 18.4 Å². The first-order valence-electron chi connectivity index (χ1n) is 3.27. The van der Waals surface area contributed by atoms with Crippen LogP contribution in [0.1, 0.15) is 5.69 Å². The summed E-state index contributed by atoms with van der Waals surface area (Å²) in [4.78, 5) is 0. The Morgan fingerprint density at radius 3 is 3.10 bits per heavy atom. The Morgan fingerprint density at radius 2 is 2.50 bits per heavy atom. The van der Waals surface area contributed by atoms with Crippen molar-refractivity contribution in [2.45, 2.75) is 6.54 Å². The molecule has 0 aromatic carbocycles. The largest absolute Gasteiger partial charge is 0.395 e. The van der Waals surface area contributed by atoms with E-state index in [1.165, 1.54) is 0 Å². The van der Waals surface area contributed by atoms with E-state index in [-0.39, 0.29) is 6.61 Å². The summed E-state index contributed by atoms with van der Waals surface area (Å²) in [6, 6.07) is 3.90. The first-order valence-corrected chi connectivity index (χ1v) is 3.27. The Labute approximate surface area is 60.4 Å². The molecule has 0 fully saturated rings. The van der Waals surface area contributed by atoms with E-state index in [2.05, 4.69) is 6.58 Å². The lowest BCUT2D eigenvalue weighted by molar-refractivity contribution is 0.276. The monoisotopic (exact) mass is 137 g/mol. The zero-order valence-corrected chi connectivity index (χ0v) is 5.83. The first kappa shape index (κ1) is 7.09. The highest BCUT2D eigenvalue weighted by Crippen LogP contribution is 2.02. The molecule has 1 aromatic heterocycles. The van der Waals surface area contributed by atoms with Crippen molar-refractivity contribution >= 4 is 6.08 Å². The molecule has 0 unspecified atom stereocenters. The van der Waals surface area contributed by atoms with Gasteiger partial charge in [-0.25, -0.2) is 0 Å². The number of aliphatic hydroxyl groups excluding tert-OH is 1. The van der Waals surface area contributed by atoms with Gasteiger partial charge in [-0.05, 0) is 18.2 Å². The second-order valence-corrected chi connectivity index (χ2v) is 2.05. The average Bonchev–Trinajstić information content (AvgIpc) is 2.36. The molecule has 0 amide bonds. The van der Waals surface area contributed by atoms with Crippen LogP contribution >= 0.6 is 0 Å². The summed E-state index contributed by atoms with van der Waals surface area (Å²) in [5.41, 5.74) is 1.05. The van der Waals surface area contributed by atoms with Crippen molar-refractivity contribution in [3.05, 3.63) is 30.6 Å². The lowest BCUT2D eigenvalue weighted by Gasteiger charge is -2.01. The Balaban J connectivity index is 2.79. The van der Waals surface area contributed by atoms with Gasteiger partial charge < -0.3 is 9.67 Å². The van der Waals surface area contributed by atoms with Crippen LogP contribution in [0.3, 0.4) is 0 Å².